The molecule has 6 rings (SSSR count). The second-order valence-corrected chi connectivity index (χ2v) is 11.4. The molecule has 2 heterocycles. The van der Waals surface area contributed by atoms with Crippen LogP contribution < -0.4 is 5.46 Å². The fraction of sp³-hybridized carbons (Fsp3) is 0.171. The first-order valence-electron chi connectivity index (χ1n) is 14.7. The van der Waals surface area contributed by atoms with Crippen LogP contribution in [-0.2, 0) is 17.1 Å². The summed E-state index contributed by atoms with van der Waals surface area (Å²) in [4.78, 5) is 20.5. The molecule has 2 aromatic heterocycles. The Morgan fingerprint density at radius 3 is 1.63 bits per heavy atom. The van der Waals surface area contributed by atoms with Crippen LogP contribution >= 0.6 is 34.8 Å². The third-order valence-electron chi connectivity index (χ3n) is 6.69. The molecule has 6 aromatic rings. The van der Waals surface area contributed by atoms with Crippen LogP contribution in [0.2, 0.25) is 15.2 Å². The average Bonchev–Trinajstić information content (AvgIpc) is 3.09. The van der Waals surface area contributed by atoms with Gasteiger partial charge in [-0.25, -0.2) is 19.9 Å². The predicted molar refractivity (Wildman–Crippen MR) is 192 cm³/mol. The summed E-state index contributed by atoms with van der Waals surface area (Å²) in [7, 11) is 0.197. The monoisotopic (exact) mass is 763 g/mol. The van der Waals surface area contributed by atoms with E-state index in [0.717, 1.165) is 36.0 Å². The Balaban J connectivity index is 0.000000208. The molecule has 51 heavy (non-hydrogen) atoms. The molecule has 0 N–H and O–H groups in total. The van der Waals surface area contributed by atoms with E-state index in [-0.39, 0.29) is 23.9 Å². The summed E-state index contributed by atoms with van der Waals surface area (Å²) in [5.74, 6) is 0. The van der Waals surface area contributed by atoms with Crippen LogP contribution in [0.1, 0.15) is 29.4 Å². The third-order valence-corrected chi connectivity index (χ3v) is 7.65. The molecule has 264 valence electrons. The SMILES string of the molecule is C=NCC.Cc1nc2cccc(Cl)c2nc1-c1ccccc1C(F)(F)F.Cc1nc2cccc(Cl)c2nc1Cl.O=Bc1ccccc1C(F)(F)F. The summed E-state index contributed by atoms with van der Waals surface area (Å²) in [6, 6.07) is 20.5. The Kier molecular flexibility index (Phi) is 14.6. The fourth-order valence-electron chi connectivity index (χ4n) is 4.29. The first kappa shape index (κ1) is 41.0. The Labute approximate surface area is 304 Å². The van der Waals surface area contributed by atoms with Gasteiger partial charge in [-0.05, 0) is 57.8 Å². The zero-order chi connectivity index (χ0) is 37.9. The number of aryl methyl sites for hydroxylation is 2. The van der Waals surface area contributed by atoms with Crippen molar-refractivity contribution in [1.82, 2.24) is 19.9 Å². The number of nitrogens with zero attached hydrogens (tertiary/aromatic N) is 5. The molecule has 0 saturated carbocycles. The molecule has 0 aliphatic carbocycles. The van der Waals surface area contributed by atoms with Crippen LogP contribution in [0.15, 0.2) is 89.9 Å². The van der Waals surface area contributed by atoms with Gasteiger partial charge in [-0.2, -0.15) is 13.2 Å². The van der Waals surface area contributed by atoms with Crippen molar-refractivity contribution in [2.75, 3.05) is 6.54 Å². The van der Waals surface area contributed by atoms with Crippen molar-refractivity contribution in [3.05, 3.63) is 123 Å². The zero-order valence-corrected chi connectivity index (χ0v) is 29.4. The van der Waals surface area contributed by atoms with Gasteiger partial charge in [0.05, 0.1) is 43.7 Å². The topological polar surface area (TPSA) is 81.0 Å². The summed E-state index contributed by atoms with van der Waals surface area (Å²) < 4.78 is 86.0. The predicted octanol–water partition coefficient (Wildman–Crippen LogP) is 10.6. The van der Waals surface area contributed by atoms with E-state index in [1.165, 1.54) is 24.3 Å². The van der Waals surface area contributed by atoms with E-state index in [2.05, 4.69) is 31.6 Å². The number of rotatable bonds is 3. The molecule has 0 aliphatic rings. The summed E-state index contributed by atoms with van der Waals surface area (Å²) >= 11 is 17.8. The number of alkyl halides is 6. The molecule has 0 radical (unpaired) electrons. The molecule has 0 bridgehead atoms. The number of para-hydroxylation sites is 2. The molecule has 0 saturated heterocycles. The van der Waals surface area contributed by atoms with Crippen molar-refractivity contribution in [1.29, 1.82) is 0 Å². The molecule has 0 spiro atoms. The average molecular weight is 765 g/mol. The molecule has 0 fully saturated rings. The molecular weight excluding hydrogens is 738 g/mol. The number of aliphatic imine (C=N–C) groups is 1. The van der Waals surface area contributed by atoms with Gasteiger partial charge in [0.15, 0.2) is 5.15 Å². The van der Waals surface area contributed by atoms with Crippen molar-refractivity contribution in [2.24, 2.45) is 4.99 Å². The van der Waals surface area contributed by atoms with Gasteiger partial charge in [-0.1, -0.05) is 65.1 Å². The van der Waals surface area contributed by atoms with Gasteiger partial charge < -0.3 is 4.99 Å². The summed E-state index contributed by atoms with van der Waals surface area (Å²) in [5.41, 5.74) is 1.75. The van der Waals surface area contributed by atoms with Gasteiger partial charge in [-0.3, -0.25) is 0 Å². The van der Waals surface area contributed by atoms with Gasteiger partial charge in [-0.15, -0.1) is 0 Å². The van der Waals surface area contributed by atoms with E-state index in [1.807, 2.05) is 26.0 Å². The van der Waals surface area contributed by atoms with E-state index < -0.39 is 23.5 Å². The second kappa shape index (κ2) is 18.2. The Morgan fingerprint density at radius 1 is 0.667 bits per heavy atom. The van der Waals surface area contributed by atoms with E-state index in [4.69, 9.17) is 34.8 Å². The van der Waals surface area contributed by atoms with Crippen molar-refractivity contribution in [2.45, 2.75) is 33.1 Å². The van der Waals surface area contributed by atoms with Crippen molar-refractivity contribution in [3.8, 4) is 11.3 Å². The zero-order valence-electron chi connectivity index (χ0n) is 27.1. The molecule has 0 atom stereocenters. The first-order chi connectivity index (χ1) is 24.0. The molecule has 0 unspecified atom stereocenters. The number of halogens is 9. The van der Waals surface area contributed by atoms with Crippen LogP contribution in [0.4, 0.5) is 26.3 Å². The van der Waals surface area contributed by atoms with E-state index in [9.17, 15) is 31.0 Å². The van der Waals surface area contributed by atoms with Crippen molar-refractivity contribution < 1.29 is 31.0 Å². The molecule has 0 aliphatic heterocycles. The van der Waals surface area contributed by atoms with Crippen molar-refractivity contribution in [3.63, 3.8) is 0 Å². The van der Waals surface area contributed by atoms with Crippen LogP contribution in [-0.4, -0.2) is 40.3 Å². The number of fused-ring (bicyclic) bond motifs is 2. The van der Waals surface area contributed by atoms with Gasteiger partial charge in [0.25, 0.3) is 0 Å². The maximum atomic E-state index is 13.2. The minimum absolute atomic E-state index is 0.00168. The third kappa shape index (κ3) is 11.0. The number of hydrogen-bond acceptors (Lipinski definition) is 6. The van der Waals surface area contributed by atoms with Gasteiger partial charge in [0, 0.05) is 12.1 Å². The van der Waals surface area contributed by atoms with E-state index >= 15 is 0 Å². The normalized spacial score (nSPS) is 10.9. The van der Waals surface area contributed by atoms with Crippen LogP contribution in [0.3, 0.4) is 0 Å². The van der Waals surface area contributed by atoms with E-state index in [1.54, 1.807) is 37.3 Å². The van der Waals surface area contributed by atoms with Crippen LogP contribution in [0.5, 0.6) is 0 Å². The Bertz CT molecular complexity index is 2150. The van der Waals surface area contributed by atoms with Crippen LogP contribution in [0, 0.1) is 13.8 Å². The summed E-state index contributed by atoms with van der Waals surface area (Å²) in [6.45, 7) is 9.46. The molecule has 4 aromatic carbocycles. The second-order valence-electron chi connectivity index (χ2n) is 10.3. The standard InChI is InChI=1S/C16H10ClF3N2.C9H6Cl2N2.C7H4BF3O.C3H7N/c1-9-14(10-5-2-3-6-11(10)16(18,19)20)22-15-12(17)7-4-8-13(15)21-9;1-5-9(11)13-8-6(10)3-2-4-7(8)12-5;9-7(10,11)5-3-1-2-4-6(5)8-12;1-3-4-2/h2-8H,1H3;2-4H,1H3;1-4H;2-3H2,1H3. The molecule has 6 nitrogen and oxygen atoms in total. The van der Waals surface area contributed by atoms with Gasteiger partial charge >= 0.3 is 72.7 Å². The maximum absolute atomic E-state index is 13.2. The Hall–Kier alpha value is -4.46. The Morgan fingerprint density at radius 2 is 1.14 bits per heavy atom. The molecular formula is C35H27BCl3F6N5O. The quantitative estimate of drug-likeness (QED) is 0.102. The summed E-state index contributed by atoms with van der Waals surface area (Å²) in [6.07, 6.45) is -8.91. The van der Waals surface area contributed by atoms with Crippen molar-refractivity contribution >= 4 is 76.2 Å². The minimum atomic E-state index is -4.46. The molecule has 0 amide bonds. The number of benzene rings is 4. The number of hydrogen-bond donors (Lipinski definition) is 0. The number of aromatic nitrogens is 4. The summed E-state index contributed by atoms with van der Waals surface area (Å²) in [5, 5.41) is 1.34. The molecule has 16 heteroatoms. The van der Waals surface area contributed by atoms with Gasteiger partial charge in [0.1, 0.15) is 11.0 Å². The first-order valence-corrected chi connectivity index (χ1v) is 15.9. The van der Waals surface area contributed by atoms with Crippen LogP contribution in [0.25, 0.3) is 33.3 Å². The van der Waals surface area contributed by atoms with Gasteiger partial charge in [0.2, 0.25) is 0 Å². The van der Waals surface area contributed by atoms with E-state index in [0.29, 0.717) is 37.4 Å². The fourth-order valence-corrected chi connectivity index (χ4v) is 4.84.